The lowest BCUT2D eigenvalue weighted by atomic mass is 9.93. The number of aryl methyl sites for hydroxylation is 1. The maximum Gasteiger partial charge on any atom is 0.416 e. The van der Waals surface area contributed by atoms with E-state index in [1.54, 1.807) is 13.0 Å². The number of alkyl halides is 3. The summed E-state index contributed by atoms with van der Waals surface area (Å²) >= 11 is 0. The molecule has 0 saturated carbocycles. The molecular formula is C27H29BF3N9O. The number of nitrogens with two attached hydrogens (primary N) is 2. The number of amidine groups is 1. The van der Waals surface area contributed by atoms with Crippen LogP contribution in [0.25, 0.3) is 0 Å². The fourth-order valence-corrected chi connectivity index (χ4v) is 4.19. The van der Waals surface area contributed by atoms with E-state index in [-0.39, 0.29) is 34.1 Å². The van der Waals surface area contributed by atoms with Gasteiger partial charge in [0.25, 0.3) is 5.91 Å². The number of aromatic nitrogens is 2. The number of carbonyl (C=O) groups excluding carboxylic acids is 1. The van der Waals surface area contributed by atoms with E-state index in [4.69, 9.17) is 19.3 Å². The summed E-state index contributed by atoms with van der Waals surface area (Å²) in [5.41, 5.74) is 13.2. The average molecular weight is 563 g/mol. The Balaban J connectivity index is 1.66. The number of nitrogens with one attached hydrogen (secondary N) is 2. The minimum absolute atomic E-state index is 0.00476. The number of hydrogen-bond donors (Lipinski definition) is 4. The third-order valence-corrected chi connectivity index (χ3v) is 6.45. The zero-order valence-corrected chi connectivity index (χ0v) is 22.6. The second-order valence-corrected chi connectivity index (χ2v) is 9.57. The first kappa shape index (κ1) is 29.4. The molecule has 1 fully saturated rings. The van der Waals surface area contributed by atoms with Crippen molar-refractivity contribution in [3.63, 3.8) is 0 Å². The Morgan fingerprint density at radius 3 is 2.51 bits per heavy atom. The Morgan fingerprint density at radius 1 is 1.15 bits per heavy atom. The summed E-state index contributed by atoms with van der Waals surface area (Å²) in [7, 11) is 7.65. The molecule has 212 valence electrons. The Labute approximate surface area is 236 Å². The Bertz CT molecular complexity index is 1500. The van der Waals surface area contributed by atoms with Crippen LogP contribution in [0, 0.1) is 6.92 Å². The maximum absolute atomic E-state index is 13.2. The predicted molar refractivity (Wildman–Crippen MR) is 156 cm³/mol. The lowest BCUT2D eigenvalue weighted by Crippen LogP contribution is -2.45. The molecule has 14 heteroatoms. The van der Waals surface area contributed by atoms with Gasteiger partial charge in [-0.2, -0.15) is 18.2 Å². The number of amides is 1. The average Bonchev–Trinajstić information content (AvgIpc) is 2.90. The molecule has 10 nitrogen and oxygen atoms in total. The van der Waals surface area contributed by atoms with Crippen LogP contribution in [-0.2, 0) is 6.18 Å². The molecule has 1 aliphatic heterocycles. The molecule has 2 aromatic carbocycles. The number of likely N-dealkylation sites (N-methyl/N-ethyl adjacent to an activating group) is 1. The van der Waals surface area contributed by atoms with Crippen LogP contribution < -0.4 is 32.5 Å². The molecule has 0 unspecified atom stereocenters. The third kappa shape index (κ3) is 6.95. The van der Waals surface area contributed by atoms with Crippen LogP contribution in [0.5, 0.6) is 0 Å². The fourth-order valence-electron chi connectivity index (χ4n) is 4.19. The predicted octanol–water partition coefficient (Wildman–Crippen LogP) is 2.78. The summed E-state index contributed by atoms with van der Waals surface area (Å²) in [5, 5.41) is 5.37. The fraction of sp³-hybridized carbons (Fsp3) is 0.259. The number of rotatable bonds is 7. The molecule has 0 spiro atoms. The van der Waals surface area contributed by atoms with E-state index in [1.165, 1.54) is 24.4 Å². The van der Waals surface area contributed by atoms with Gasteiger partial charge >= 0.3 is 6.18 Å². The SMILES string of the molecule is [B]c1cc(NC(=O)c2ccc(C)c(N=C(N)c3nc(N4CCN(C)CC4)nc(N)c3NC=C)c2)cc(C(F)(F)F)c1. The summed E-state index contributed by atoms with van der Waals surface area (Å²) < 4.78 is 39.6. The van der Waals surface area contributed by atoms with Crippen molar-refractivity contribution in [2.24, 2.45) is 10.7 Å². The monoisotopic (exact) mass is 563 g/mol. The molecule has 1 saturated heterocycles. The number of aliphatic imine (C=N–C) groups is 1. The van der Waals surface area contributed by atoms with Gasteiger partial charge in [0.1, 0.15) is 19.2 Å². The van der Waals surface area contributed by atoms with Gasteiger partial charge in [-0.25, -0.2) is 9.98 Å². The highest BCUT2D eigenvalue weighted by atomic mass is 19.4. The van der Waals surface area contributed by atoms with Gasteiger partial charge in [0, 0.05) is 37.4 Å². The largest absolute Gasteiger partial charge is 0.416 e. The van der Waals surface area contributed by atoms with Crippen LogP contribution in [0.15, 0.2) is 54.2 Å². The second-order valence-electron chi connectivity index (χ2n) is 9.57. The number of halogens is 3. The topological polar surface area (TPSA) is 138 Å². The van der Waals surface area contributed by atoms with Crippen LogP contribution in [0.2, 0.25) is 0 Å². The van der Waals surface area contributed by atoms with Crippen molar-refractivity contribution in [1.29, 1.82) is 0 Å². The van der Waals surface area contributed by atoms with E-state index in [0.29, 0.717) is 36.0 Å². The van der Waals surface area contributed by atoms with Gasteiger partial charge in [-0.1, -0.05) is 24.2 Å². The van der Waals surface area contributed by atoms with Crippen molar-refractivity contribution >= 4 is 53.9 Å². The number of carbonyl (C=O) groups is 1. The van der Waals surface area contributed by atoms with E-state index in [1.807, 2.05) is 11.9 Å². The summed E-state index contributed by atoms with van der Waals surface area (Å²) in [5.74, 6) is -0.0858. The van der Waals surface area contributed by atoms with Crippen LogP contribution >= 0.6 is 0 Å². The Morgan fingerprint density at radius 2 is 1.85 bits per heavy atom. The highest BCUT2D eigenvalue weighted by molar-refractivity contribution is 6.32. The van der Waals surface area contributed by atoms with Gasteiger partial charge in [0.2, 0.25) is 5.95 Å². The van der Waals surface area contributed by atoms with Gasteiger partial charge < -0.3 is 31.9 Å². The standard InChI is InChI=1S/C27H29BF3N9O/c1-4-34-21-22(37-26(38-23(21)32)40-9-7-39(3)8-10-40)24(33)36-20-11-16(6-5-15(20)2)25(41)35-19-13-17(27(29,30)31)12-18(28)14-19/h4-6,11-14,34H,1,7-10H2,2-3H3,(H2,33,36)(H,35,41)(H2,32,37,38). The van der Waals surface area contributed by atoms with Crippen molar-refractivity contribution in [3.05, 3.63) is 71.6 Å². The van der Waals surface area contributed by atoms with Crippen molar-refractivity contribution in [3.8, 4) is 0 Å². The minimum atomic E-state index is -4.62. The lowest BCUT2D eigenvalue weighted by Gasteiger charge is -2.32. The van der Waals surface area contributed by atoms with Crippen molar-refractivity contribution in [2.75, 3.05) is 54.5 Å². The summed E-state index contributed by atoms with van der Waals surface area (Å²) in [4.78, 5) is 30.7. The molecule has 1 aromatic heterocycles. The summed E-state index contributed by atoms with van der Waals surface area (Å²) in [6.07, 6.45) is -3.20. The van der Waals surface area contributed by atoms with E-state index in [9.17, 15) is 18.0 Å². The molecule has 41 heavy (non-hydrogen) atoms. The molecule has 1 aliphatic rings. The Hall–Kier alpha value is -4.59. The normalized spacial score (nSPS) is 14.6. The molecule has 3 aromatic rings. The first-order valence-corrected chi connectivity index (χ1v) is 12.6. The van der Waals surface area contributed by atoms with Gasteiger partial charge in [-0.15, -0.1) is 0 Å². The first-order chi connectivity index (χ1) is 19.3. The molecule has 2 radical (unpaired) electrons. The number of benzene rings is 2. The second kappa shape index (κ2) is 11.9. The highest BCUT2D eigenvalue weighted by Crippen LogP contribution is 2.31. The quantitative estimate of drug-likeness (QED) is 0.196. The van der Waals surface area contributed by atoms with Gasteiger partial charge in [0.05, 0.1) is 11.3 Å². The lowest BCUT2D eigenvalue weighted by molar-refractivity contribution is -0.137. The minimum Gasteiger partial charge on any atom is -0.382 e. The van der Waals surface area contributed by atoms with E-state index < -0.39 is 17.6 Å². The molecule has 2 heterocycles. The number of hydrogen-bond acceptors (Lipinski definition) is 8. The Kier molecular flexibility index (Phi) is 8.52. The highest BCUT2D eigenvalue weighted by Gasteiger charge is 2.31. The smallest absolute Gasteiger partial charge is 0.382 e. The van der Waals surface area contributed by atoms with Crippen molar-refractivity contribution in [2.45, 2.75) is 13.1 Å². The zero-order chi connectivity index (χ0) is 29.9. The van der Waals surface area contributed by atoms with Gasteiger partial charge in [-0.05, 0) is 50.0 Å². The van der Waals surface area contributed by atoms with E-state index in [2.05, 4.69) is 37.1 Å². The molecule has 0 bridgehead atoms. The molecular weight excluding hydrogens is 534 g/mol. The third-order valence-electron chi connectivity index (χ3n) is 6.45. The number of piperazine rings is 1. The molecule has 0 atom stereocenters. The molecule has 1 amide bonds. The van der Waals surface area contributed by atoms with E-state index in [0.717, 1.165) is 25.2 Å². The van der Waals surface area contributed by atoms with Crippen LogP contribution in [0.1, 0.15) is 27.2 Å². The summed E-state index contributed by atoms with van der Waals surface area (Å²) in [6.45, 7) is 8.51. The van der Waals surface area contributed by atoms with Crippen molar-refractivity contribution < 1.29 is 18.0 Å². The van der Waals surface area contributed by atoms with Gasteiger partial charge in [0.15, 0.2) is 11.7 Å². The van der Waals surface area contributed by atoms with Crippen LogP contribution in [0.4, 0.5) is 42.0 Å². The zero-order valence-electron chi connectivity index (χ0n) is 22.6. The van der Waals surface area contributed by atoms with Crippen LogP contribution in [0.3, 0.4) is 0 Å². The first-order valence-electron chi connectivity index (χ1n) is 12.6. The molecule has 0 aliphatic carbocycles. The molecule has 6 N–H and O–H groups in total. The maximum atomic E-state index is 13.2. The van der Waals surface area contributed by atoms with Crippen LogP contribution in [-0.4, -0.2) is 67.7 Å². The van der Waals surface area contributed by atoms with E-state index >= 15 is 0 Å². The summed E-state index contributed by atoms with van der Waals surface area (Å²) in [6, 6.07) is 7.49. The number of nitrogens with zero attached hydrogens (tertiary/aromatic N) is 5. The molecule has 4 rings (SSSR count). The number of nitrogen functional groups attached to an aromatic ring is 1. The van der Waals surface area contributed by atoms with Gasteiger partial charge in [-0.3, -0.25) is 4.79 Å². The van der Waals surface area contributed by atoms with Crippen molar-refractivity contribution in [1.82, 2.24) is 14.9 Å². The number of anilines is 4.